The summed E-state index contributed by atoms with van der Waals surface area (Å²) >= 11 is -0.177. The topological polar surface area (TPSA) is 72.2 Å². The molecule has 0 radical (unpaired) electrons. The molecule has 96 valence electrons. The second kappa shape index (κ2) is 6.18. The van der Waals surface area contributed by atoms with Crippen LogP contribution in [-0.4, -0.2) is 27.0 Å². The minimum absolute atomic E-state index is 0.177. The predicted octanol–water partition coefficient (Wildman–Crippen LogP) is 0.460. The summed E-state index contributed by atoms with van der Waals surface area (Å²) in [7, 11) is 0. The number of hydrogen-bond donors (Lipinski definition) is 2. The number of hydrogen-bond acceptors (Lipinski definition) is 2. The van der Waals surface area contributed by atoms with Crippen LogP contribution >= 0.6 is 0 Å². The molecule has 0 atom stereocenters. The van der Waals surface area contributed by atoms with Gasteiger partial charge >= 0.3 is 117 Å². The van der Waals surface area contributed by atoms with Crippen molar-refractivity contribution < 1.29 is 9.59 Å². The molecule has 0 fully saturated rings. The van der Waals surface area contributed by atoms with Crippen molar-refractivity contribution in [1.82, 2.24) is 4.33 Å². The van der Waals surface area contributed by atoms with E-state index >= 15 is 0 Å². The van der Waals surface area contributed by atoms with Gasteiger partial charge in [0.05, 0.1) is 0 Å². The average molecular weight is 319 g/mol. The fraction of sp³-hybridized carbons (Fsp3) is 0. The van der Waals surface area contributed by atoms with Gasteiger partial charge in [-0.05, 0) is 0 Å². The monoisotopic (exact) mass is 320 g/mol. The number of amides is 2. The van der Waals surface area contributed by atoms with E-state index in [-0.39, 0.29) is 26.6 Å². The molecule has 5 heteroatoms. The molecule has 0 aliphatic rings. The van der Waals surface area contributed by atoms with Gasteiger partial charge in [-0.3, -0.25) is 0 Å². The van der Waals surface area contributed by atoms with Gasteiger partial charge in [0.25, 0.3) is 0 Å². The van der Waals surface area contributed by atoms with Gasteiger partial charge in [0.15, 0.2) is 0 Å². The first kappa shape index (κ1) is 13.3. The fourth-order valence-electron chi connectivity index (χ4n) is 1.54. The molecule has 0 aliphatic heterocycles. The van der Waals surface area contributed by atoms with Crippen LogP contribution in [0.4, 0.5) is 0 Å². The van der Waals surface area contributed by atoms with Gasteiger partial charge in [-0.15, -0.1) is 0 Å². The third kappa shape index (κ3) is 3.44. The maximum atomic E-state index is 12.0. The third-order valence-electron chi connectivity index (χ3n) is 2.44. The van der Waals surface area contributed by atoms with E-state index < -0.39 is 5.91 Å². The number of carbonyl (C=O) groups is 2. The number of primary amides is 1. The van der Waals surface area contributed by atoms with Crippen LogP contribution in [0.5, 0.6) is 0 Å². The molecule has 0 heterocycles. The number of nitrogens with two attached hydrogens (primary N) is 1. The van der Waals surface area contributed by atoms with Crippen LogP contribution in [0.15, 0.2) is 54.6 Å². The summed E-state index contributed by atoms with van der Waals surface area (Å²) in [6, 6.07) is 16.2. The number of nitrogens with one attached hydrogen (secondary N) is 1. The van der Waals surface area contributed by atoms with Gasteiger partial charge < -0.3 is 0 Å². The molecule has 0 aliphatic carbocycles. The van der Waals surface area contributed by atoms with Gasteiger partial charge in [0, 0.05) is 0 Å². The van der Waals surface area contributed by atoms with E-state index in [0.29, 0.717) is 5.56 Å². The molecule has 0 saturated heterocycles. The van der Waals surface area contributed by atoms with Crippen LogP contribution in [-0.2, 0) is 0 Å². The normalized spacial score (nSPS) is 9.89. The zero-order valence-electron chi connectivity index (χ0n) is 10.00. The first-order chi connectivity index (χ1) is 9.18. The first-order valence-electron chi connectivity index (χ1n) is 5.59. The van der Waals surface area contributed by atoms with Crippen molar-refractivity contribution in [2.75, 3.05) is 0 Å². The Morgan fingerprint density at radius 3 is 2.11 bits per heavy atom. The van der Waals surface area contributed by atoms with Crippen molar-refractivity contribution in [3.05, 3.63) is 65.7 Å². The molecule has 2 amide bonds. The van der Waals surface area contributed by atoms with E-state index in [2.05, 4.69) is 4.33 Å². The van der Waals surface area contributed by atoms with Gasteiger partial charge in [-0.1, -0.05) is 0 Å². The summed E-state index contributed by atoms with van der Waals surface area (Å²) in [5, 5.41) is 0. The molecular weight excluding hydrogens is 307 g/mol. The second-order valence-electron chi connectivity index (χ2n) is 3.76. The molecule has 0 saturated carbocycles. The van der Waals surface area contributed by atoms with Gasteiger partial charge in [-0.2, -0.15) is 0 Å². The Morgan fingerprint density at radius 1 is 0.895 bits per heavy atom. The van der Waals surface area contributed by atoms with Crippen molar-refractivity contribution in [3.63, 3.8) is 0 Å². The summed E-state index contributed by atoms with van der Waals surface area (Å²) in [6.45, 7) is 0. The van der Waals surface area contributed by atoms with Crippen molar-refractivity contribution in [3.8, 4) is 0 Å². The third-order valence-corrected chi connectivity index (χ3v) is 4.11. The maximum absolute atomic E-state index is 12.0. The van der Waals surface area contributed by atoms with Crippen LogP contribution in [0.3, 0.4) is 0 Å². The molecule has 4 nitrogen and oxygen atoms in total. The number of benzene rings is 2. The van der Waals surface area contributed by atoms with E-state index in [0.717, 1.165) is 4.46 Å². The first-order valence-corrected chi connectivity index (χ1v) is 7.31. The summed E-state index contributed by atoms with van der Waals surface area (Å²) in [6.07, 6.45) is 0. The molecule has 2 rings (SSSR count). The van der Waals surface area contributed by atoms with Crippen molar-refractivity contribution in [2.24, 2.45) is 5.73 Å². The Morgan fingerprint density at radius 2 is 1.47 bits per heavy atom. The number of carbonyl (C=O) groups excluding carboxylic acids is 2. The Labute approximate surface area is 117 Å². The van der Waals surface area contributed by atoms with E-state index in [1.54, 1.807) is 24.3 Å². The SMILES string of the molecule is NC(=O)c1ccccc1C(=O)N[Se]c1ccccc1. The minimum atomic E-state index is -0.599. The Kier molecular flexibility index (Phi) is 4.34. The van der Waals surface area contributed by atoms with Gasteiger partial charge in [0.1, 0.15) is 0 Å². The van der Waals surface area contributed by atoms with E-state index in [9.17, 15) is 9.59 Å². The van der Waals surface area contributed by atoms with Crippen LogP contribution < -0.4 is 14.5 Å². The van der Waals surface area contributed by atoms with E-state index in [1.807, 2.05) is 30.3 Å². The van der Waals surface area contributed by atoms with E-state index in [4.69, 9.17) is 5.73 Å². The standard InChI is InChI=1S/C14H12N2O2Se/c15-13(17)11-8-4-5-9-12(11)14(18)16-19-10-6-2-1-3-7-10/h1-9H,(H2,15,17)(H,16,18). The van der Waals surface area contributed by atoms with Crippen LogP contribution in [0.25, 0.3) is 0 Å². The summed E-state index contributed by atoms with van der Waals surface area (Å²) in [5.74, 6) is -0.879. The van der Waals surface area contributed by atoms with E-state index in [1.165, 1.54) is 0 Å². The Hall–Kier alpha value is -2.10. The average Bonchev–Trinajstić information content (AvgIpc) is 2.46. The molecule has 2 aromatic rings. The second-order valence-corrected chi connectivity index (χ2v) is 5.60. The number of rotatable bonds is 4. The van der Waals surface area contributed by atoms with Crippen LogP contribution in [0.2, 0.25) is 0 Å². The molecule has 0 aromatic heterocycles. The van der Waals surface area contributed by atoms with Gasteiger partial charge in [0.2, 0.25) is 0 Å². The van der Waals surface area contributed by atoms with Crippen molar-refractivity contribution >= 4 is 31.5 Å². The molecular formula is C14H12N2O2Se. The van der Waals surface area contributed by atoms with Crippen molar-refractivity contribution in [1.29, 1.82) is 0 Å². The fourth-order valence-corrected chi connectivity index (χ4v) is 2.83. The molecule has 0 spiro atoms. The molecule has 0 bridgehead atoms. The van der Waals surface area contributed by atoms with Crippen LogP contribution in [0.1, 0.15) is 20.7 Å². The summed E-state index contributed by atoms with van der Waals surface area (Å²) in [4.78, 5) is 23.3. The summed E-state index contributed by atoms with van der Waals surface area (Å²) < 4.78 is 3.88. The Balaban J connectivity index is 2.10. The zero-order valence-corrected chi connectivity index (χ0v) is 11.7. The molecule has 0 unspecified atom stereocenters. The zero-order chi connectivity index (χ0) is 13.7. The quantitative estimate of drug-likeness (QED) is 0.804. The Bertz CT molecular complexity index is 599. The van der Waals surface area contributed by atoms with Crippen molar-refractivity contribution in [2.45, 2.75) is 0 Å². The van der Waals surface area contributed by atoms with Crippen LogP contribution in [0, 0.1) is 0 Å². The molecule has 2 aromatic carbocycles. The predicted molar refractivity (Wildman–Crippen MR) is 74.3 cm³/mol. The molecule has 19 heavy (non-hydrogen) atoms. The molecule has 3 N–H and O–H groups in total. The van der Waals surface area contributed by atoms with Gasteiger partial charge in [-0.25, -0.2) is 0 Å². The summed E-state index contributed by atoms with van der Waals surface area (Å²) in [5.41, 5.74) is 5.80.